The molecule has 1 heterocycles. The van der Waals surface area contributed by atoms with E-state index in [4.69, 9.17) is 5.73 Å². The second kappa shape index (κ2) is 5.07. The van der Waals surface area contributed by atoms with E-state index in [2.05, 4.69) is 6.07 Å². The van der Waals surface area contributed by atoms with Gasteiger partial charge in [-0.1, -0.05) is 0 Å². The third kappa shape index (κ3) is 2.45. The van der Waals surface area contributed by atoms with Gasteiger partial charge in [0.2, 0.25) is 0 Å². The average molecular weight is 257 g/mol. The monoisotopic (exact) mass is 256 g/mol. The van der Waals surface area contributed by atoms with E-state index in [9.17, 15) is 4.39 Å². The highest BCUT2D eigenvalue weighted by molar-refractivity contribution is 5.85. The molecule has 0 fully saturated rings. The van der Waals surface area contributed by atoms with Crippen LogP contribution in [-0.2, 0) is 13.5 Å². The topological polar surface area (TPSA) is 30.9 Å². The third-order valence-electron chi connectivity index (χ3n) is 3.02. The molecule has 1 aromatic carbocycles. The Bertz CT molecular complexity index is 532. The van der Waals surface area contributed by atoms with Crippen LogP contribution in [0.1, 0.15) is 18.2 Å². The Morgan fingerprint density at radius 1 is 1.41 bits per heavy atom. The molecule has 0 aliphatic heterocycles. The van der Waals surface area contributed by atoms with Crippen molar-refractivity contribution in [3.8, 4) is 0 Å². The third-order valence-corrected chi connectivity index (χ3v) is 3.02. The van der Waals surface area contributed by atoms with Crippen LogP contribution in [0.4, 0.5) is 4.39 Å². The fourth-order valence-corrected chi connectivity index (χ4v) is 2.20. The van der Waals surface area contributed by atoms with Crippen molar-refractivity contribution in [2.24, 2.45) is 12.8 Å². The zero-order chi connectivity index (χ0) is 11.9. The fraction of sp³-hybridized carbons (Fsp3) is 0.385. The van der Waals surface area contributed by atoms with Gasteiger partial charge in [0.1, 0.15) is 5.82 Å². The van der Waals surface area contributed by atoms with Gasteiger partial charge in [0.15, 0.2) is 0 Å². The number of hydrogen-bond acceptors (Lipinski definition) is 1. The van der Waals surface area contributed by atoms with E-state index in [1.54, 1.807) is 0 Å². The summed E-state index contributed by atoms with van der Waals surface area (Å²) in [6.45, 7) is 3.79. The maximum atomic E-state index is 13.5. The van der Waals surface area contributed by atoms with Gasteiger partial charge in [0.05, 0.1) is 5.52 Å². The minimum Gasteiger partial charge on any atom is -0.347 e. The van der Waals surface area contributed by atoms with Crippen LogP contribution in [0, 0.1) is 12.7 Å². The summed E-state index contributed by atoms with van der Waals surface area (Å²) in [5.41, 5.74) is 8.62. The minimum absolute atomic E-state index is 0. The van der Waals surface area contributed by atoms with E-state index in [1.165, 1.54) is 6.07 Å². The number of halogens is 2. The molecule has 0 bridgehead atoms. The Balaban J connectivity index is 0.00000144. The summed E-state index contributed by atoms with van der Waals surface area (Å²) in [7, 11) is 1.96. The second-order valence-electron chi connectivity index (χ2n) is 4.49. The van der Waals surface area contributed by atoms with Crippen molar-refractivity contribution >= 4 is 23.3 Å². The van der Waals surface area contributed by atoms with E-state index < -0.39 is 0 Å². The molecule has 17 heavy (non-hydrogen) atoms. The number of nitrogens with zero attached hydrogens (tertiary/aromatic N) is 1. The Labute approximate surface area is 107 Å². The van der Waals surface area contributed by atoms with Crippen molar-refractivity contribution in [1.29, 1.82) is 0 Å². The molecule has 1 unspecified atom stereocenters. The van der Waals surface area contributed by atoms with Crippen molar-refractivity contribution in [1.82, 2.24) is 4.57 Å². The number of nitrogens with two attached hydrogens (primary N) is 1. The van der Waals surface area contributed by atoms with Crippen LogP contribution in [0.25, 0.3) is 10.9 Å². The predicted molar refractivity (Wildman–Crippen MR) is 72.2 cm³/mol. The first-order valence-electron chi connectivity index (χ1n) is 5.49. The zero-order valence-corrected chi connectivity index (χ0v) is 11.1. The molecule has 2 nitrogen and oxygen atoms in total. The first-order chi connectivity index (χ1) is 7.50. The van der Waals surface area contributed by atoms with E-state index in [0.717, 1.165) is 23.0 Å². The molecule has 0 radical (unpaired) electrons. The average Bonchev–Trinajstić information content (AvgIpc) is 2.50. The van der Waals surface area contributed by atoms with Crippen LogP contribution >= 0.6 is 12.4 Å². The lowest BCUT2D eigenvalue weighted by Gasteiger charge is -2.08. The lowest BCUT2D eigenvalue weighted by molar-refractivity contribution is 0.619. The molecule has 0 spiro atoms. The van der Waals surface area contributed by atoms with E-state index in [0.29, 0.717) is 5.56 Å². The van der Waals surface area contributed by atoms with E-state index in [1.807, 2.05) is 31.5 Å². The summed E-state index contributed by atoms with van der Waals surface area (Å²) in [5.74, 6) is -0.152. The molecule has 94 valence electrons. The first kappa shape index (κ1) is 14.0. The van der Waals surface area contributed by atoms with Crippen LogP contribution in [0.3, 0.4) is 0 Å². The lowest BCUT2D eigenvalue weighted by Crippen LogP contribution is -2.19. The minimum atomic E-state index is -0.152. The first-order valence-corrected chi connectivity index (χ1v) is 5.49. The van der Waals surface area contributed by atoms with Gasteiger partial charge in [-0.15, -0.1) is 12.4 Å². The Kier molecular flexibility index (Phi) is 4.17. The maximum Gasteiger partial charge on any atom is 0.128 e. The Morgan fingerprint density at radius 3 is 2.65 bits per heavy atom. The molecular formula is C13H18ClFN2. The number of aromatic nitrogens is 1. The van der Waals surface area contributed by atoms with Gasteiger partial charge in [0.25, 0.3) is 0 Å². The summed E-state index contributed by atoms with van der Waals surface area (Å²) in [5, 5.41) is 1.08. The highest BCUT2D eigenvalue weighted by atomic mass is 35.5. The summed E-state index contributed by atoms with van der Waals surface area (Å²) in [4.78, 5) is 0. The number of rotatable bonds is 2. The molecule has 1 atom stereocenters. The number of hydrogen-bond donors (Lipinski definition) is 1. The second-order valence-corrected chi connectivity index (χ2v) is 4.49. The number of benzene rings is 1. The molecule has 2 rings (SSSR count). The zero-order valence-electron chi connectivity index (χ0n) is 10.3. The SMILES string of the molecule is Cc1c(F)ccc2cc(CC(C)N)n(C)c12.Cl. The molecule has 4 heteroatoms. The number of fused-ring (bicyclic) bond motifs is 1. The van der Waals surface area contributed by atoms with Crippen LogP contribution in [0.2, 0.25) is 0 Å². The van der Waals surface area contributed by atoms with Gasteiger partial charge in [-0.3, -0.25) is 0 Å². The van der Waals surface area contributed by atoms with Crippen molar-refractivity contribution in [2.75, 3.05) is 0 Å². The summed E-state index contributed by atoms with van der Waals surface area (Å²) in [6, 6.07) is 5.55. The van der Waals surface area contributed by atoms with Crippen LogP contribution in [0.5, 0.6) is 0 Å². The molecule has 1 aromatic heterocycles. The van der Waals surface area contributed by atoms with Crippen LogP contribution < -0.4 is 5.73 Å². The predicted octanol–water partition coefficient (Wildman–Crippen LogP) is 2.94. The van der Waals surface area contributed by atoms with E-state index in [-0.39, 0.29) is 24.3 Å². The molecule has 0 aliphatic rings. The molecule has 2 N–H and O–H groups in total. The van der Waals surface area contributed by atoms with Gasteiger partial charge in [-0.25, -0.2) is 4.39 Å². The normalized spacial score (nSPS) is 12.5. The molecular weight excluding hydrogens is 239 g/mol. The van der Waals surface area contributed by atoms with Gasteiger partial charge >= 0.3 is 0 Å². The molecule has 0 aliphatic carbocycles. The highest BCUT2D eigenvalue weighted by Gasteiger charge is 2.11. The Morgan fingerprint density at radius 2 is 2.06 bits per heavy atom. The van der Waals surface area contributed by atoms with Gasteiger partial charge in [-0.2, -0.15) is 0 Å². The smallest absolute Gasteiger partial charge is 0.128 e. The maximum absolute atomic E-state index is 13.5. The van der Waals surface area contributed by atoms with Crippen molar-refractivity contribution < 1.29 is 4.39 Å². The van der Waals surface area contributed by atoms with Gasteiger partial charge in [-0.05, 0) is 32.0 Å². The van der Waals surface area contributed by atoms with Crippen LogP contribution in [0.15, 0.2) is 18.2 Å². The summed E-state index contributed by atoms with van der Waals surface area (Å²) < 4.78 is 15.5. The molecule has 0 saturated carbocycles. The summed E-state index contributed by atoms with van der Waals surface area (Å²) in [6.07, 6.45) is 0.812. The van der Waals surface area contributed by atoms with Gasteiger partial charge < -0.3 is 10.3 Å². The Hall–Kier alpha value is -1.06. The van der Waals surface area contributed by atoms with Crippen molar-refractivity contribution in [2.45, 2.75) is 26.3 Å². The lowest BCUT2D eigenvalue weighted by atomic mass is 10.1. The quantitative estimate of drug-likeness (QED) is 0.880. The largest absolute Gasteiger partial charge is 0.347 e. The molecule has 0 saturated heterocycles. The number of aryl methyl sites for hydroxylation is 2. The van der Waals surface area contributed by atoms with E-state index >= 15 is 0 Å². The van der Waals surface area contributed by atoms with Crippen molar-refractivity contribution in [3.63, 3.8) is 0 Å². The molecule has 0 amide bonds. The molecule has 2 aromatic rings. The van der Waals surface area contributed by atoms with Crippen molar-refractivity contribution in [3.05, 3.63) is 35.3 Å². The van der Waals surface area contributed by atoms with Crippen LogP contribution in [-0.4, -0.2) is 10.6 Å². The fourth-order valence-electron chi connectivity index (χ4n) is 2.20. The standard InChI is InChI=1S/C13H17FN2.ClH/c1-8(15)6-11-7-10-4-5-12(14)9(2)13(10)16(11)3;/h4-5,7-8H,6,15H2,1-3H3;1H. The van der Waals surface area contributed by atoms with Gasteiger partial charge in [0, 0.05) is 36.2 Å². The summed E-state index contributed by atoms with van der Waals surface area (Å²) >= 11 is 0. The highest BCUT2D eigenvalue weighted by Crippen LogP contribution is 2.24.